The molecule has 2 amide bonds. The van der Waals surface area contributed by atoms with Crippen molar-refractivity contribution in [3.05, 3.63) is 115 Å². The third-order valence-corrected chi connectivity index (χ3v) is 8.71. The molecule has 230 valence electrons. The molecule has 0 unspecified atom stereocenters. The predicted octanol–water partition coefficient (Wildman–Crippen LogP) is 5.63. The van der Waals surface area contributed by atoms with E-state index in [0.29, 0.717) is 23.8 Å². The highest BCUT2D eigenvalue weighted by Crippen LogP contribution is 2.28. The molecule has 0 fully saturated rings. The van der Waals surface area contributed by atoms with Crippen LogP contribution in [-0.4, -0.2) is 51.4 Å². The fourth-order valence-corrected chi connectivity index (χ4v) is 5.93. The minimum atomic E-state index is -4.17. The van der Waals surface area contributed by atoms with E-state index in [-0.39, 0.29) is 23.0 Å². The van der Waals surface area contributed by atoms with Gasteiger partial charge in [-0.2, -0.15) is 0 Å². The zero-order valence-electron chi connectivity index (χ0n) is 25.1. The minimum absolute atomic E-state index is 0.0329. The Morgan fingerprint density at radius 1 is 0.818 bits per heavy atom. The number of anilines is 1. The van der Waals surface area contributed by atoms with E-state index in [1.165, 1.54) is 17.0 Å². The third-order valence-electron chi connectivity index (χ3n) is 6.92. The summed E-state index contributed by atoms with van der Waals surface area (Å²) in [4.78, 5) is 28.5. The maximum atomic E-state index is 14.1. The molecule has 1 atom stereocenters. The molecule has 4 aromatic carbocycles. The lowest BCUT2D eigenvalue weighted by atomic mass is 10.1. The van der Waals surface area contributed by atoms with Crippen LogP contribution < -0.4 is 19.1 Å². The van der Waals surface area contributed by atoms with Crippen molar-refractivity contribution < 1.29 is 27.5 Å². The van der Waals surface area contributed by atoms with Gasteiger partial charge in [0.05, 0.1) is 17.7 Å². The standard InChI is InChI=1S/C34H37N3O6S/c1-4-22-35-34(39)26(2)36(24-27-12-11-15-31(23-27)42-3)33(38)25-37(44(40,41)32-16-9-6-10-17-32)28-18-20-30(21-19-28)43-29-13-7-5-8-14-29/h5-21,23,26H,4,22,24-25H2,1-3H3,(H,35,39)/t26-/m0/s1. The molecule has 0 radical (unpaired) electrons. The molecule has 9 nitrogen and oxygen atoms in total. The first-order valence-corrected chi connectivity index (χ1v) is 15.8. The minimum Gasteiger partial charge on any atom is -0.497 e. The molecule has 4 rings (SSSR count). The summed E-state index contributed by atoms with van der Waals surface area (Å²) < 4.78 is 40.2. The number of amides is 2. The first kappa shape index (κ1) is 32.1. The lowest BCUT2D eigenvalue weighted by Crippen LogP contribution is -2.51. The second-order valence-corrected chi connectivity index (χ2v) is 11.9. The zero-order chi connectivity index (χ0) is 31.5. The molecule has 0 aliphatic rings. The molecule has 0 bridgehead atoms. The van der Waals surface area contributed by atoms with Crippen LogP contribution in [0.15, 0.2) is 114 Å². The highest BCUT2D eigenvalue weighted by atomic mass is 32.2. The van der Waals surface area contributed by atoms with Gasteiger partial charge < -0.3 is 19.7 Å². The van der Waals surface area contributed by atoms with E-state index in [1.807, 2.05) is 43.3 Å². The highest BCUT2D eigenvalue weighted by molar-refractivity contribution is 7.92. The number of nitrogens with one attached hydrogen (secondary N) is 1. The van der Waals surface area contributed by atoms with Crippen molar-refractivity contribution in [1.29, 1.82) is 0 Å². The van der Waals surface area contributed by atoms with Crippen molar-refractivity contribution in [2.45, 2.75) is 37.8 Å². The van der Waals surface area contributed by atoms with Gasteiger partial charge in [0.1, 0.15) is 29.8 Å². The second kappa shape index (κ2) is 15.1. The van der Waals surface area contributed by atoms with Gasteiger partial charge in [-0.15, -0.1) is 0 Å². The van der Waals surface area contributed by atoms with Crippen molar-refractivity contribution in [2.75, 3.05) is 24.5 Å². The van der Waals surface area contributed by atoms with Gasteiger partial charge >= 0.3 is 0 Å². The van der Waals surface area contributed by atoms with Crippen molar-refractivity contribution in [2.24, 2.45) is 0 Å². The SMILES string of the molecule is CCCNC(=O)[C@H](C)N(Cc1cccc(OC)c1)C(=O)CN(c1ccc(Oc2ccccc2)cc1)S(=O)(=O)c1ccccc1. The molecule has 0 aliphatic heterocycles. The summed E-state index contributed by atoms with van der Waals surface area (Å²) in [5, 5.41) is 2.84. The van der Waals surface area contributed by atoms with Gasteiger partial charge in [-0.25, -0.2) is 8.42 Å². The van der Waals surface area contributed by atoms with Crippen LogP contribution in [0.1, 0.15) is 25.8 Å². The van der Waals surface area contributed by atoms with Crippen molar-refractivity contribution in [3.63, 3.8) is 0 Å². The average Bonchev–Trinajstić information content (AvgIpc) is 3.06. The van der Waals surface area contributed by atoms with E-state index in [1.54, 1.807) is 74.7 Å². The van der Waals surface area contributed by atoms with E-state index in [9.17, 15) is 18.0 Å². The van der Waals surface area contributed by atoms with E-state index in [0.717, 1.165) is 16.3 Å². The number of carbonyl (C=O) groups excluding carboxylic acids is 2. The van der Waals surface area contributed by atoms with Gasteiger partial charge in [-0.1, -0.05) is 55.5 Å². The molecule has 0 aliphatic carbocycles. The fourth-order valence-electron chi connectivity index (χ4n) is 4.50. The maximum absolute atomic E-state index is 14.1. The Kier molecular flexibility index (Phi) is 11.0. The Hall–Kier alpha value is -4.83. The Labute approximate surface area is 259 Å². The summed E-state index contributed by atoms with van der Waals surface area (Å²) in [6.07, 6.45) is 0.732. The Bertz CT molecular complexity index is 1630. The number of para-hydroxylation sites is 1. The van der Waals surface area contributed by atoms with Gasteiger partial charge in [0.15, 0.2) is 0 Å². The van der Waals surface area contributed by atoms with Crippen LogP contribution in [0, 0.1) is 0 Å². The number of hydrogen-bond donors (Lipinski definition) is 1. The lowest BCUT2D eigenvalue weighted by molar-refractivity contribution is -0.139. The monoisotopic (exact) mass is 615 g/mol. The van der Waals surface area contributed by atoms with Crippen LogP contribution in [0.4, 0.5) is 5.69 Å². The van der Waals surface area contributed by atoms with Crippen LogP contribution >= 0.6 is 0 Å². The number of methoxy groups -OCH3 is 1. The van der Waals surface area contributed by atoms with E-state index >= 15 is 0 Å². The molecule has 44 heavy (non-hydrogen) atoms. The van der Waals surface area contributed by atoms with Gasteiger partial charge in [-0.3, -0.25) is 13.9 Å². The number of ether oxygens (including phenoxy) is 2. The number of nitrogens with zero attached hydrogens (tertiary/aromatic N) is 2. The summed E-state index contributed by atoms with van der Waals surface area (Å²) in [7, 11) is -2.63. The summed E-state index contributed by atoms with van der Waals surface area (Å²) >= 11 is 0. The van der Waals surface area contributed by atoms with E-state index < -0.39 is 28.5 Å². The first-order chi connectivity index (χ1) is 21.2. The van der Waals surface area contributed by atoms with Crippen LogP contribution in [0.5, 0.6) is 17.2 Å². The Balaban J connectivity index is 1.69. The summed E-state index contributed by atoms with van der Waals surface area (Å²) in [6.45, 7) is 3.56. The number of rotatable bonds is 14. The topological polar surface area (TPSA) is 105 Å². The van der Waals surface area contributed by atoms with Crippen molar-refractivity contribution in [3.8, 4) is 17.2 Å². The third kappa shape index (κ3) is 8.17. The molecule has 4 aromatic rings. The quantitative estimate of drug-likeness (QED) is 0.197. The molecule has 0 heterocycles. The fraction of sp³-hybridized carbons (Fsp3) is 0.235. The maximum Gasteiger partial charge on any atom is 0.264 e. The van der Waals surface area contributed by atoms with Crippen molar-refractivity contribution in [1.82, 2.24) is 10.2 Å². The summed E-state index contributed by atoms with van der Waals surface area (Å²) in [5.41, 5.74) is 1.000. The van der Waals surface area contributed by atoms with Gasteiger partial charge in [0, 0.05) is 13.1 Å². The molecule has 0 spiro atoms. The van der Waals surface area contributed by atoms with Gasteiger partial charge in [0.2, 0.25) is 11.8 Å². The number of carbonyl (C=O) groups is 2. The van der Waals surface area contributed by atoms with E-state index in [2.05, 4.69) is 5.32 Å². The predicted molar refractivity (Wildman–Crippen MR) is 170 cm³/mol. The largest absolute Gasteiger partial charge is 0.497 e. The zero-order valence-corrected chi connectivity index (χ0v) is 25.9. The number of benzene rings is 4. The summed E-state index contributed by atoms with van der Waals surface area (Å²) in [6, 6.07) is 29.9. The van der Waals surface area contributed by atoms with Crippen LogP contribution in [0.3, 0.4) is 0 Å². The molecular weight excluding hydrogens is 578 g/mol. The summed E-state index contributed by atoms with van der Waals surface area (Å²) in [5.74, 6) is 0.861. The first-order valence-electron chi connectivity index (χ1n) is 14.3. The van der Waals surface area contributed by atoms with Crippen LogP contribution in [0.2, 0.25) is 0 Å². The molecular formula is C34H37N3O6S. The van der Waals surface area contributed by atoms with Crippen LogP contribution in [0.25, 0.3) is 0 Å². The Morgan fingerprint density at radius 2 is 1.43 bits per heavy atom. The number of hydrogen-bond acceptors (Lipinski definition) is 6. The highest BCUT2D eigenvalue weighted by Gasteiger charge is 2.32. The van der Waals surface area contributed by atoms with Crippen molar-refractivity contribution >= 4 is 27.5 Å². The molecule has 10 heteroatoms. The Morgan fingerprint density at radius 3 is 2.07 bits per heavy atom. The molecule has 0 saturated heterocycles. The second-order valence-electron chi connectivity index (χ2n) is 10.1. The van der Waals surface area contributed by atoms with Gasteiger partial charge in [0.25, 0.3) is 10.0 Å². The molecule has 0 saturated carbocycles. The molecule has 1 N–H and O–H groups in total. The lowest BCUT2D eigenvalue weighted by Gasteiger charge is -2.32. The van der Waals surface area contributed by atoms with Crippen LogP contribution in [-0.2, 0) is 26.2 Å². The molecule has 0 aromatic heterocycles. The average molecular weight is 616 g/mol. The van der Waals surface area contributed by atoms with E-state index in [4.69, 9.17) is 9.47 Å². The normalized spacial score (nSPS) is 11.7. The van der Waals surface area contributed by atoms with Gasteiger partial charge in [-0.05, 0) is 79.6 Å². The smallest absolute Gasteiger partial charge is 0.264 e. The number of sulfonamides is 1.